The average molecular weight is 435 g/mol. The number of sulfonamides is 1. The van der Waals surface area contributed by atoms with E-state index in [0.29, 0.717) is 24.3 Å². The first-order valence-electron chi connectivity index (χ1n) is 10.6. The molecule has 2 unspecified atom stereocenters. The van der Waals surface area contributed by atoms with Gasteiger partial charge in [-0.25, -0.2) is 8.42 Å². The summed E-state index contributed by atoms with van der Waals surface area (Å²) in [5.41, 5.74) is -1.50. The number of hydrogen-bond donors (Lipinski definition) is 3. The van der Waals surface area contributed by atoms with Crippen LogP contribution in [0.25, 0.3) is 0 Å². The molecule has 1 amide bonds. The number of carbonyl (C=O) groups is 2. The molecule has 4 saturated carbocycles. The monoisotopic (exact) mass is 434 g/mol. The Bertz CT molecular complexity index is 954. The van der Waals surface area contributed by atoms with E-state index in [4.69, 9.17) is 0 Å². The van der Waals surface area contributed by atoms with Crippen LogP contribution < -0.4 is 10.0 Å². The molecule has 4 aliphatic rings. The summed E-state index contributed by atoms with van der Waals surface area (Å²) < 4.78 is 28.1. The quantitative estimate of drug-likeness (QED) is 0.593. The van der Waals surface area contributed by atoms with Crippen LogP contribution in [0.3, 0.4) is 0 Å². The van der Waals surface area contributed by atoms with Crippen molar-refractivity contribution < 1.29 is 23.1 Å². The zero-order valence-electron chi connectivity index (χ0n) is 17.6. The fraction of sp³-hybridized carbons (Fsp3) is 0.636. The zero-order valence-corrected chi connectivity index (χ0v) is 18.5. The highest BCUT2D eigenvalue weighted by atomic mass is 32.2. The molecule has 0 aromatic heterocycles. The van der Waals surface area contributed by atoms with E-state index in [2.05, 4.69) is 10.0 Å². The molecule has 3 N–H and O–H groups in total. The number of Topliss-reactive ketones (excluding diaryl/α,β-unsaturated/α-hetero) is 1. The first-order valence-corrected chi connectivity index (χ1v) is 12.1. The van der Waals surface area contributed by atoms with E-state index >= 15 is 0 Å². The van der Waals surface area contributed by atoms with E-state index in [1.807, 2.05) is 0 Å². The van der Waals surface area contributed by atoms with Crippen LogP contribution in [-0.4, -0.2) is 42.4 Å². The summed E-state index contributed by atoms with van der Waals surface area (Å²) in [5, 5.41) is 13.8. The highest BCUT2D eigenvalue weighted by molar-refractivity contribution is 7.89. The van der Waals surface area contributed by atoms with Crippen molar-refractivity contribution in [1.82, 2.24) is 10.0 Å². The number of hydrogen-bond acceptors (Lipinski definition) is 5. The Kier molecular flexibility index (Phi) is 5.11. The predicted octanol–water partition coefficient (Wildman–Crippen LogP) is 2.00. The van der Waals surface area contributed by atoms with Gasteiger partial charge in [0.2, 0.25) is 15.9 Å². The molecule has 1 aromatic rings. The van der Waals surface area contributed by atoms with Crippen LogP contribution in [0.4, 0.5) is 0 Å². The Morgan fingerprint density at radius 2 is 1.63 bits per heavy atom. The average Bonchev–Trinajstić information content (AvgIpc) is 2.62. The Balaban J connectivity index is 1.45. The summed E-state index contributed by atoms with van der Waals surface area (Å²) in [5.74, 6) is 0.515. The van der Waals surface area contributed by atoms with Gasteiger partial charge < -0.3 is 10.4 Å². The van der Waals surface area contributed by atoms with E-state index in [-0.39, 0.29) is 34.5 Å². The SMILES string of the molecule is CC(=O)c1ccc(S(=O)(=O)NC(C)(C)C(=O)NC2C3CC4CC2CC(O)(C4)C3)cc1. The highest BCUT2D eigenvalue weighted by Crippen LogP contribution is 2.55. The molecule has 8 heteroatoms. The lowest BCUT2D eigenvalue weighted by Crippen LogP contribution is -2.65. The molecule has 7 nitrogen and oxygen atoms in total. The van der Waals surface area contributed by atoms with Gasteiger partial charge in [0, 0.05) is 11.6 Å². The largest absolute Gasteiger partial charge is 0.390 e. The minimum Gasteiger partial charge on any atom is -0.390 e. The molecule has 164 valence electrons. The Morgan fingerprint density at radius 1 is 1.07 bits per heavy atom. The van der Waals surface area contributed by atoms with Crippen molar-refractivity contribution >= 4 is 21.7 Å². The standard InChI is InChI=1S/C22H30N2O5S/c1-13(25)15-4-6-18(7-5-15)30(28,29)24-21(2,3)20(26)23-19-16-8-14-9-17(19)12-22(27,10-14)11-16/h4-7,14,16-17,19,24,27H,8-12H2,1-3H3,(H,23,26). The van der Waals surface area contributed by atoms with E-state index < -0.39 is 21.2 Å². The Hall–Kier alpha value is -1.77. The predicted molar refractivity (Wildman–Crippen MR) is 111 cm³/mol. The summed E-state index contributed by atoms with van der Waals surface area (Å²) in [7, 11) is -3.94. The van der Waals surface area contributed by atoms with Crippen molar-refractivity contribution in [3.05, 3.63) is 29.8 Å². The lowest BCUT2D eigenvalue weighted by atomic mass is 9.52. The second kappa shape index (κ2) is 7.14. The smallest absolute Gasteiger partial charge is 0.241 e. The molecule has 5 rings (SSSR count). The minimum absolute atomic E-state index is 0.00483. The van der Waals surface area contributed by atoms with Crippen molar-refractivity contribution in [2.75, 3.05) is 0 Å². The zero-order chi connectivity index (χ0) is 21.9. The molecular weight excluding hydrogens is 404 g/mol. The molecule has 0 spiro atoms. The number of amides is 1. The maximum absolute atomic E-state index is 13.0. The summed E-state index contributed by atoms with van der Waals surface area (Å²) in [6, 6.07) is 5.64. The lowest BCUT2D eigenvalue weighted by molar-refractivity contribution is -0.148. The van der Waals surface area contributed by atoms with E-state index in [1.165, 1.54) is 31.2 Å². The first kappa shape index (κ1) is 21.5. The molecule has 0 heterocycles. The van der Waals surface area contributed by atoms with Gasteiger partial charge in [-0.3, -0.25) is 9.59 Å². The van der Waals surface area contributed by atoms with Gasteiger partial charge in [0.05, 0.1) is 10.5 Å². The molecule has 4 fully saturated rings. The second-order valence-corrected chi connectivity index (χ2v) is 11.7. The van der Waals surface area contributed by atoms with Crippen molar-refractivity contribution in [3.63, 3.8) is 0 Å². The molecule has 4 aliphatic carbocycles. The molecule has 0 aliphatic heterocycles. The van der Waals surface area contributed by atoms with Crippen LogP contribution in [0.2, 0.25) is 0 Å². The number of nitrogens with one attached hydrogen (secondary N) is 2. The van der Waals surface area contributed by atoms with Gasteiger partial charge >= 0.3 is 0 Å². The van der Waals surface area contributed by atoms with Crippen LogP contribution in [-0.2, 0) is 14.8 Å². The summed E-state index contributed by atoms with van der Waals surface area (Å²) >= 11 is 0. The maximum atomic E-state index is 13.0. The number of ketones is 1. The third kappa shape index (κ3) is 3.92. The van der Waals surface area contributed by atoms with Crippen LogP contribution in [0, 0.1) is 17.8 Å². The van der Waals surface area contributed by atoms with Gasteiger partial charge in [-0.05, 0) is 82.8 Å². The van der Waals surface area contributed by atoms with Crippen molar-refractivity contribution in [1.29, 1.82) is 0 Å². The van der Waals surface area contributed by atoms with Crippen molar-refractivity contribution in [3.8, 4) is 0 Å². The Morgan fingerprint density at radius 3 is 2.13 bits per heavy atom. The third-order valence-corrected chi connectivity index (χ3v) is 8.74. The molecule has 0 saturated heterocycles. The molecule has 4 bridgehead atoms. The van der Waals surface area contributed by atoms with E-state index in [1.54, 1.807) is 13.8 Å². The van der Waals surface area contributed by atoms with Gasteiger partial charge in [0.15, 0.2) is 5.78 Å². The molecular formula is C22H30N2O5S. The third-order valence-electron chi connectivity index (χ3n) is 7.07. The number of carbonyl (C=O) groups excluding carboxylic acids is 2. The van der Waals surface area contributed by atoms with E-state index in [9.17, 15) is 23.1 Å². The number of aliphatic hydroxyl groups is 1. The summed E-state index contributed by atoms with van der Waals surface area (Å²) in [6.45, 7) is 4.51. The van der Waals surface area contributed by atoms with Gasteiger partial charge in [0.25, 0.3) is 0 Å². The van der Waals surface area contributed by atoms with Crippen molar-refractivity contribution in [2.24, 2.45) is 17.8 Å². The van der Waals surface area contributed by atoms with Crippen LogP contribution in [0.15, 0.2) is 29.2 Å². The molecule has 0 radical (unpaired) electrons. The summed E-state index contributed by atoms with van der Waals surface area (Å²) in [4.78, 5) is 24.5. The van der Waals surface area contributed by atoms with Gasteiger partial charge in [-0.1, -0.05) is 12.1 Å². The molecule has 30 heavy (non-hydrogen) atoms. The van der Waals surface area contributed by atoms with Crippen LogP contribution in [0.1, 0.15) is 63.2 Å². The van der Waals surface area contributed by atoms with Crippen LogP contribution >= 0.6 is 0 Å². The van der Waals surface area contributed by atoms with Crippen molar-refractivity contribution in [2.45, 2.75) is 75.0 Å². The lowest BCUT2D eigenvalue weighted by Gasteiger charge is -2.58. The first-order chi connectivity index (χ1) is 13.9. The minimum atomic E-state index is -3.94. The number of rotatable bonds is 6. The van der Waals surface area contributed by atoms with Gasteiger partial charge in [0.1, 0.15) is 5.54 Å². The Labute approximate surface area is 177 Å². The molecule has 1 aromatic carbocycles. The fourth-order valence-corrected chi connectivity index (χ4v) is 7.24. The normalized spacial score (nSPS) is 32.8. The van der Waals surface area contributed by atoms with Gasteiger partial charge in [-0.15, -0.1) is 0 Å². The topological polar surface area (TPSA) is 113 Å². The maximum Gasteiger partial charge on any atom is 0.241 e. The number of benzene rings is 1. The van der Waals surface area contributed by atoms with Gasteiger partial charge in [-0.2, -0.15) is 4.72 Å². The fourth-order valence-electron chi connectivity index (χ4n) is 5.86. The highest BCUT2D eigenvalue weighted by Gasteiger charge is 2.55. The van der Waals surface area contributed by atoms with E-state index in [0.717, 1.165) is 19.3 Å². The summed E-state index contributed by atoms with van der Waals surface area (Å²) in [6.07, 6.45) is 4.31. The molecule has 2 atom stereocenters. The second-order valence-electron chi connectivity index (χ2n) is 10.0. The van der Waals surface area contributed by atoms with Crippen LogP contribution in [0.5, 0.6) is 0 Å².